The average Bonchev–Trinajstić information content (AvgIpc) is 3.13. The van der Waals surface area contributed by atoms with Gasteiger partial charge >= 0.3 is 0 Å². The van der Waals surface area contributed by atoms with Crippen molar-refractivity contribution in [2.45, 2.75) is 12.5 Å². The van der Waals surface area contributed by atoms with Gasteiger partial charge in [0.1, 0.15) is 5.69 Å². The SMILES string of the molecule is O=[N+]([O-])c1ccccc1N1C[C@H](Cc2ccccc2)N(c2ccccc2)C1. The summed E-state index contributed by atoms with van der Waals surface area (Å²) in [6.07, 6.45) is 0.896. The van der Waals surface area contributed by atoms with Gasteiger partial charge in [-0.05, 0) is 30.2 Å². The van der Waals surface area contributed by atoms with Crippen LogP contribution in [0.5, 0.6) is 0 Å². The maximum absolute atomic E-state index is 11.5. The lowest BCUT2D eigenvalue weighted by molar-refractivity contribution is -0.384. The van der Waals surface area contributed by atoms with Gasteiger partial charge in [0.2, 0.25) is 0 Å². The second-order valence-electron chi connectivity index (χ2n) is 6.76. The number of para-hydroxylation sites is 3. The van der Waals surface area contributed by atoms with Crippen molar-refractivity contribution in [3.8, 4) is 0 Å². The minimum atomic E-state index is -0.299. The summed E-state index contributed by atoms with van der Waals surface area (Å²) in [5, 5.41) is 11.5. The van der Waals surface area contributed by atoms with Gasteiger partial charge in [-0.25, -0.2) is 0 Å². The van der Waals surface area contributed by atoms with Crippen LogP contribution in [0.15, 0.2) is 84.9 Å². The number of hydrogen-bond donors (Lipinski definition) is 0. The van der Waals surface area contributed by atoms with E-state index in [0.29, 0.717) is 12.4 Å². The zero-order chi connectivity index (χ0) is 18.6. The van der Waals surface area contributed by atoms with E-state index in [-0.39, 0.29) is 16.7 Å². The minimum Gasteiger partial charge on any atom is -0.349 e. The first kappa shape index (κ1) is 17.1. The Morgan fingerprint density at radius 1 is 0.889 bits per heavy atom. The third-order valence-corrected chi connectivity index (χ3v) is 5.02. The summed E-state index contributed by atoms with van der Waals surface area (Å²) in [6.45, 7) is 1.38. The Morgan fingerprint density at radius 2 is 1.52 bits per heavy atom. The molecule has 3 aromatic carbocycles. The first-order valence-corrected chi connectivity index (χ1v) is 9.06. The normalized spacial score (nSPS) is 16.5. The maximum Gasteiger partial charge on any atom is 0.292 e. The Labute approximate surface area is 158 Å². The number of benzene rings is 3. The summed E-state index contributed by atoms with van der Waals surface area (Å²) in [6, 6.07) is 27.9. The van der Waals surface area contributed by atoms with Crippen LogP contribution in [0.4, 0.5) is 17.1 Å². The Balaban J connectivity index is 1.66. The maximum atomic E-state index is 11.5. The average molecular weight is 359 g/mol. The molecule has 1 aliphatic heterocycles. The monoisotopic (exact) mass is 359 g/mol. The molecule has 0 saturated carbocycles. The topological polar surface area (TPSA) is 49.6 Å². The molecular weight excluding hydrogens is 338 g/mol. The number of nitro groups is 1. The van der Waals surface area contributed by atoms with Crippen molar-refractivity contribution < 1.29 is 4.92 Å². The molecule has 5 nitrogen and oxygen atoms in total. The number of nitro benzene ring substituents is 1. The lowest BCUT2D eigenvalue weighted by Crippen LogP contribution is -2.32. The van der Waals surface area contributed by atoms with Crippen molar-refractivity contribution in [2.24, 2.45) is 0 Å². The molecule has 1 fully saturated rings. The second-order valence-corrected chi connectivity index (χ2v) is 6.76. The van der Waals surface area contributed by atoms with Crippen LogP contribution in [-0.4, -0.2) is 24.2 Å². The first-order chi connectivity index (χ1) is 13.2. The minimum absolute atomic E-state index is 0.158. The van der Waals surface area contributed by atoms with Gasteiger partial charge in [0, 0.05) is 18.3 Å². The molecule has 1 atom stereocenters. The fourth-order valence-corrected chi connectivity index (χ4v) is 3.74. The van der Waals surface area contributed by atoms with Gasteiger partial charge in [0.15, 0.2) is 0 Å². The molecule has 136 valence electrons. The van der Waals surface area contributed by atoms with Gasteiger partial charge in [-0.1, -0.05) is 60.7 Å². The lowest BCUT2D eigenvalue weighted by Gasteiger charge is -2.25. The Bertz CT molecular complexity index is 915. The summed E-state index contributed by atoms with van der Waals surface area (Å²) in [5.74, 6) is 0. The zero-order valence-electron chi connectivity index (χ0n) is 14.9. The highest BCUT2D eigenvalue weighted by Gasteiger charge is 2.33. The van der Waals surface area contributed by atoms with Crippen LogP contribution < -0.4 is 9.80 Å². The number of rotatable bonds is 5. The van der Waals surface area contributed by atoms with Crippen LogP contribution in [-0.2, 0) is 6.42 Å². The highest BCUT2D eigenvalue weighted by molar-refractivity contribution is 5.66. The summed E-state index contributed by atoms with van der Waals surface area (Å²) >= 11 is 0. The van der Waals surface area contributed by atoms with Crippen molar-refractivity contribution >= 4 is 17.1 Å². The predicted octanol–water partition coefficient (Wildman–Crippen LogP) is 4.49. The molecule has 1 saturated heterocycles. The fourth-order valence-electron chi connectivity index (χ4n) is 3.74. The van der Waals surface area contributed by atoms with Crippen LogP contribution in [0, 0.1) is 10.1 Å². The van der Waals surface area contributed by atoms with E-state index in [4.69, 9.17) is 0 Å². The Kier molecular flexibility index (Phi) is 4.75. The fraction of sp³-hybridized carbons (Fsp3) is 0.182. The molecule has 3 aromatic rings. The molecular formula is C22H21N3O2. The lowest BCUT2D eigenvalue weighted by atomic mass is 10.0. The smallest absolute Gasteiger partial charge is 0.292 e. The number of nitrogens with zero attached hydrogens (tertiary/aromatic N) is 3. The number of anilines is 2. The molecule has 1 aliphatic rings. The largest absolute Gasteiger partial charge is 0.349 e. The van der Waals surface area contributed by atoms with E-state index in [1.54, 1.807) is 12.1 Å². The Morgan fingerprint density at radius 3 is 2.22 bits per heavy atom. The van der Waals surface area contributed by atoms with Crippen LogP contribution in [0.2, 0.25) is 0 Å². The van der Waals surface area contributed by atoms with E-state index in [0.717, 1.165) is 18.7 Å². The Hall–Kier alpha value is -3.34. The zero-order valence-corrected chi connectivity index (χ0v) is 14.9. The summed E-state index contributed by atoms with van der Waals surface area (Å²) in [7, 11) is 0. The summed E-state index contributed by atoms with van der Waals surface area (Å²) in [5.41, 5.74) is 3.25. The van der Waals surface area contributed by atoms with Gasteiger partial charge in [-0.3, -0.25) is 10.1 Å². The molecule has 0 bridgehead atoms. The molecule has 0 aliphatic carbocycles. The molecule has 0 amide bonds. The van der Waals surface area contributed by atoms with E-state index >= 15 is 0 Å². The van der Waals surface area contributed by atoms with Crippen molar-refractivity contribution in [1.29, 1.82) is 0 Å². The van der Waals surface area contributed by atoms with Crippen LogP contribution in [0.1, 0.15) is 5.56 Å². The third-order valence-electron chi connectivity index (χ3n) is 5.02. The van der Waals surface area contributed by atoms with Crippen molar-refractivity contribution in [3.63, 3.8) is 0 Å². The molecule has 5 heteroatoms. The van der Waals surface area contributed by atoms with E-state index in [2.05, 4.69) is 46.2 Å². The molecule has 0 N–H and O–H groups in total. The van der Waals surface area contributed by atoms with E-state index in [1.807, 2.05) is 36.4 Å². The summed E-state index contributed by atoms with van der Waals surface area (Å²) < 4.78 is 0. The molecule has 4 rings (SSSR count). The van der Waals surface area contributed by atoms with Crippen LogP contribution >= 0.6 is 0 Å². The summed E-state index contributed by atoms with van der Waals surface area (Å²) in [4.78, 5) is 15.6. The van der Waals surface area contributed by atoms with E-state index in [1.165, 1.54) is 5.56 Å². The highest BCUT2D eigenvalue weighted by atomic mass is 16.6. The number of hydrogen-bond acceptors (Lipinski definition) is 4. The quantitative estimate of drug-likeness (QED) is 0.497. The first-order valence-electron chi connectivity index (χ1n) is 9.06. The second kappa shape index (κ2) is 7.50. The van der Waals surface area contributed by atoms with Gasteiger partial charge < -0.3 is 9.80 Å². The predicted molar refractivity (Wildman–Crippen MR) is 108 cm³/mol. The van der Waals surface area contributed by atoms with E-state index in [9.17, 15) is 10.1 Å². The van der Waals surface area contributed by atoms with Crippen LogP contribution in [0.3, 0.4) is 0 Å². The molecule has 27 heavy (non-hydrogen) atoms. The molecule has 0 unspecified atom stereocenters. The van der Waals surface area contributed by atoms with Crippen molar-refractivity contribution in [3.05, 3.63) is 101 Å². The van der Waals surface area contributed by atoms with Crippen LogP contribution in [0.25, 0.3) is 0 Å². The van der Waals surface area contributed by atoms with Gasteiger partial charge in [-0.2, -0.15) is 0 Å². The van der Waals surface area contributed by atoms with E-state index < -0.39 is 0 Å². The van der Waals surface area contributed by atoms with Crippen molar-refractivity contribution in [2.75, 3.05) is 23.0 Å². The van der Waals surface area contributed by atoms with Gasteiger partial charge in [0.05, 0.1) is 17.6 Å². The molecule has 0 radical (unpaired) electrons. The molecule has 0 aromatic heterocycles. The van der Waals surface area contributed by atoms with Gasteiger partial charge in [0.25, 0.3) is 5.69 Å². The highest BCUT2D eigenvalue weighted by Crippen LogP contribution is 2.33. The standard InChI is InChI=1S/C22H21N3O2/c26-25(27)22-14-8-7-13-21(22)23-16-20(15-18-9-3-1-4-10-18)24(17-23)19-11-5-2-6-12-19/h1-14,20H,15-17H2/t20-/m0/s1. The van der Waals surface area contributed by atoms with Gasteiger partial charge in [-0.15, -0.1) is 0 Å². The third kappa shape index (κ3) is 3.62. The molecule has 0 spiro atoms. The molecule has 1 heterocycles. The van der Waals surface area contributed by atoms with Crippen molar-refractivity contribution in [1.82, 2.24) is 0 Å².